The van der Waals surface area contributed by atoms with Crippen LogP contribution in [0.4, 0.5) is 0 Å². The molecule has 2 fully saturated rings. The SMILES string of the molecule is CN(C)CC1CCN(C(=O)c2ccc(CN3CCCCC3)cc2)CC1. The molecule has 0 spiro atoms. The Morgan fingerprint density at radius 1 is 1.00 bits per heavy atom. The Bertz CT molecular complexity index is 541. The summed E-state index contributed by atoms with van der Waals surface area (Å²) in [7, 11) is 4.26. The second-order valence-electron chi connectivity index (χ2n) is 8.03. The molecule has 25 heavy (non-hydrogen) atoms. The lowest BCUT2D eigenvalue weighted by Gasteiger charge is -2.33. The van der Waals surface area contributed by atoms with Gasteiger partial charge in [-0.05, 0) is 76.5 Å². The van der Waals surface area contributed by atoms with Gasteiger partial charge in [-0.2, -0.15) is 0 Å². The van der Waals surface area contributed by atoms with E-state index in [1.165, 1.54) is 37.9 Å². The van der Waals surface area contributed by atoms with Gasteiger partial charge < -0.3 is 9.80 Å². The Hall–Kier alpha value is -1.39. The van der Waals surface area contributed by atoms with Gasteiger partial charge in [0.15, 0.2) is 0 Å². The highest BCUT2D eigenvalue weighted by molar-refractivity contribution is 5.94. The lowest BCUT2D eigenvalue weighted by molar-refractivity contribution is 0.0678. The van der Waals surface area contributed by atoms with E-state index in [9.17, 15) is 4.79 Å². The van der Waals surface area contributed by atoms with Gasteiger partial charge in [0, 0.05) is 31.7 Å². The topological polar surface area (TPSA) is 26.8 Å². The molecule has 2 heterocycles. The first kappa shape index (κ1) is 18.4. The molecule has 0 aliphatic carbocycles. The van der Waals surface area contributed by atoms with Crippen molar-refractivity contribution in [2.24, 2.45) is 5.92 Å². The zero-order chi connectivity index (χ0) is 17.6. The summed E-state index contributed by atoms with van der Waals surface area (Å²) in [5.74, 6) is 0.929. The van der Waals surface area contributed by atoms with E-state index < -0.39 is 0 Å². The smallest absolute Gasteiger partial charge is 0.253 e. The molecule has 0 radical (unpaired) electrons. The summed E-state index contributed by atoms with van der Waals surface area (Å²) in [5.41, 5.74) is 2.16. The molecule has 3 rings (SSSR count). The fourth-order valence-corrected chi connectivity index (χ4v) is 4.15. The van der Waals surface area contributed by atoms with Gasteiger partial charge in [-0.1, -0.05) is 18.6 Å². The largest absolute Gasteiger partial charge is 0.339 e. The lowest BCUT2D eigenvalue weighted by atomic mass is 9.96. The Labute approximate surface area is 152 Å². The number of benzene rings is 1. The fourth-order valence-electron chi connectivity index (χ4n) is 4.15. The van der Waals surface area contributed by atoms with Crippen LogP contribution in [0.1, 0.15) is 48.0 Å². The highest BCUT2D eigenvalue weighted by Crippen LogP contribution is 2.20. The van der Waals surface area contributed by atoms with Crippen molar-refractivity contribution in [1.82, 2.24) is 14.7 Å². The van der Waals surface area contributed by atoms with E-state index in [-0.39, 0.29) is 5.91 Å². The summed E-state index contributed by atoms with van der Waals surface area (Å²) in [6.07, 6.45) is 6.25. The molecule has 0 atom stereocenters. The molecule has 0 saturated carbocycles. The first-order valence-corrected chi connectivity index (χ1v) is 9.87. The Balaban J connectivity index is 1.51. The molecule has 1 aromatic rings. The molecule has 1 amide bonds. The van der Waals surface area contributed by atoms with Crippen molar-refractivity contribution in [3.63, 3.8) is 0 Å². The third-order valence-electron chi connectivity index (χ3n) is 5.58. The first-order chi connectivity index (χ1) is 12.1. The van der Waals surface area contributed by atoms with Gasteiger partial charge >= 0.3 is 0 Å². The van der Waals surface area contributed by atoms with E-state index in [1.807, 2.05) is 17.0 Å². The molecule has 138 valence electrons. The number of carbonyl (C=O) groups excluding carboxylic acids is 1. The van der Waals surface area contributed by atoms with Crippen LogP contribution in [0.15, 0.2) is 24.3 Å². The summed E-state index contributed by atoms with van der Waals surface area (Å²) in [6.45, 7) is 6.36. The van der Waals surface area contributed by atoms with Crippen molar-refractivity contribution >= 4 is 5.91 Å². The van der Waals surface area contributed by atoms with Crippen LogP contribution in [0.5, 0.6) is 0 Å². The third-order valence-corrected chi connectivity index (χ3v) is 5.58. The molecule has 2 aliphatic heterocycles. The summed E-state index contributed by atoms with van der Waals surface area (Å²) in [6, 6.07) is 8.32. The molecule has 0 aromatic heterocycles. The molecule has 2 saturated heterocycles. The average Bonchev–Trinajstić information content (AvgIpc) is 2.63. The lowest BCUT2D eigenvalue weighted by Crippen LogP contribution is -2.40. The second-order valence-corrected chi connectivity index (χ2v) is 8.03. The van der Waals surface area contributed by atoms with Crippen LogP contribution in [-0.2, 0) is 6.54 Å². The van der Waals surface area contributed by atoms with Crippen LogP contribution < -0.4 is 0 Å². The first-order valence-electron chi connectivity index (χ1n) is 9.87. The minimum atomic E-state index is 0.202. The summed E-state index contributed by atoms with van der Waals surface area (Å²) < 4.78 is 0. The Morgan fingerprint density at radius 3 is 2.24 bits per heavy atom. The number of amides is 1. The van der Waals surface area contributed by atoms with Gasteiger partial charge in [-0.3, -0.25) is 9.69 Å². The van der Waals surface area contributed by atoms with E-state index >= 15 is 0 Å². The third kappa shape index (κ3) is 5.29. The van der Waals surface area contributed by atoms with E-state index in [2.05, 4.69) is 36.0 Å². The number of piperidine rings is 2. The average molecular weight is 344 g/mol. The Kier molecular flexibility index (Phi) is 6.49. The molecule has 2 aliphatic rings. The molecular formula is C21H33N3O. The minimum Gasteiger partial charge on any atom is -0.339 e. The standard InChI is InChI=1S/C21H33N3O/c1-22(2)16-19-10-14-24(15-11-19)21(25)20-8-6-18(7-9-20)17-23-12-4-3-5-13-23/h6-9,19H,3-5,10-17H2,1-2H3. The normalized spacial score (nSPS) is 20.2. The zero-order valence-electron chi connectivity index (χ0n) is 15.9. The van der Waals surface area contributed by atoms with Gasteiger partial charge in [0.1, 0.15) is 0 Å². The number of nitrogens with zero attached hydrogens (tertiary/aromatic N) is 3. The van der Waals surface area contributed by atoms with Crippen LogP contribution in [-0.4, -0.2) is 67.4 Å². The molecule has 4 nitrogen and oxygen atoms in total. The van der Waals surface area contributed by atoms with Crippen LogP contribution in [0.2, 0.25) is 0 Å². The van der Waals surface area contributed by atoms with E-state index in [4.69, 9.17) is 0 Å². The highest BCUT2D eigenvalue weighted by Gasteiger charge is 2.23. The molecular weight excluding hydrogens is 310 g/mol. The van der Waals surface area contributed by atoms with Gasteiger partial charge in [-0.15, -0.1) is 0 Å². The molecule has 4 heteroatoms. The van der Waals surface area contributed by atoms with Crippen LogP contribution in [0.3, 0.4) is 0 Å². The molecule has 0 unspecified atom stereocenters. The molecule has 0 bridgehead atoms. The minimum absolute atomic E-state index is 0.202. The predicted molar refractivity (Wildman–Crippen MR) is 103 cm³/mol. The van der Waals surface area contributed by atoms with E-state index in [0.717, 1.165) is 50.5 Å². The number of hydrogen-bond donors (Lipinski definition) is 0. The monoisotopic (exact) mass is 343 g/mol. The van der Waals surface area contributed by atoms with Crippen LogP contribution >= 0.6 is 0 Å². The fraction of sp³-hybridized carbons (Fsp3) is 0.667. The Morgan fingerprint density at radius 2 is 1.64 bits per heavy atom. The van der Waals surface area contributed by atoms with Crippen molar-refractivity contribution in [3.05, 3.63) is 35.4 Å². The predicted octanol–water partition coefficient (Wildman–Crippen LogP) is 3.09. The van der Waals surface area contributed by atoms with Crippen molar-refractivity contribution in [3.8, 4) is 0 Å². The van der Waals surface area contributed by atoms with Gasteiger partial charge in [0.05, 0.1) is 0 Å². The molecule has 0 N–H and O–H groups in total. The van der Waals surface area contributed by atoms with Crippen LogP contribution in [0.25, 0.3) is 0 Å². The van der Waals surface area contributed by atoms with Crippen molar-refractivity contribution < 1.29 is 4.79 Å². The number of likely N-dealkylation sites (tertiary alicyclic amines) is 2. The van der Waals surface area contributed by atoms with Gasteiger partial charge in [0.2, 0.25) is 0 Å². The maximum Gasteiger partial charge on any atom is 0.253 e. The summed E-state index contributed by atoms with van der Waals surface area (Å²) in [5, 5.41) is 0. The zero-order valence-corrected chi connectivity index (χ0v) is 15.9. The van der Waals surface area contributed by atoms with Gasteiger partial charge in [-0.25, -0.2) is 0 Å². The van der Waals surface area contributed by atoms with E-state index in [1.54, 1.807) is 0 Å². The number of hydrogen-bond acceptors (Lipinski definition) is 3. The maximum absolute atomic E-state index is 12.7. The highest BCUT2D eigenvalue weighted by atomic mass is 16.2. The summed E-state index contributed by atoms with van der Waals surface area (Å²) in [4.78, 5) is 19.5. The summed E-state index contributed by atoms with van der Waals surface area (Å²) >= 11 is 0. The number of rotatable bonds is 5. The van der Waals surface area contributed by atoms with Crippen LogP contribution in [0, 0.1) is 5.92 Å². The second kappa shape index (κ2) is 8.81. The number of carbonyl (C=O) groups is 1. The molecule has 1 aromatic carbocycles. The quantitative estimate of drug-likeness (QED) is 0.822. The van der Waals surface area contributed by atoms with E-state index in [0.29, 0.717) is 0 Å². The van der Waals surface area contributed by atoms with Crippen molar-refractivity contribution in [2.75, 3.05) is 46.8 Å². The van der Waals surface area contributed by atoms with Crippen molar-refractivity contribution in [2.45, 2.75) is 38.6 Å². The van der Waals surface area contributed by atoms with Gasteiger partial charge in [0.25, 0.3) is 5.91 Å². The van der Waals surface area contributed by atoms with Crippen molar-refractivity contribution in [1.29, 1.82) is 0 Å². The maximum atomic E-state index is 12.7.